The molecule has 278 valence electrons. The zero-order valence-corrected chi connectivity index (χ0v) is 32.9. The zero-order valence-electron chi connectivity index (χ0n) is 31.3. The molecule has 0 saturated carbocycles. The van der Waals surface area contributed by atoms with Crippen LogP contribution in [0.25, 0.3) is 21.8 Å². The molecule has 2 aromatic heterocycles. The van der Waals surface area contributed by atoms with Crippen LogP contribution in [0.4, 0.5) is 33.1 Å². The summed E-state index contributed by atoms with van der Waals surface area (Å²) in [7, 11) is 0. The van der Waals surface area contributed by atoms with Gasteiger partial charge in [-0.05, 0) is 79.8 Å². The van der Waals surface area contributed by atoms with E-state index in [0.717, 1.165) is 72.9 Å². The largest absolute Gasteiger partial charge is 0.372 e. The van der Waals surface area contributed by atoms with Crippen molar-refractivity contribution >= 4 is 52.0 Å². The van der Waals surface area contributed by atoms with E-state index in [0.29, 0.717) is 28.6 Å². The summed E-state index contributed by atoms with van der Waals surface area (Å²) in [6.07, 6.45) is 5.29. The number of benzene rings is 3. The molecule has 0 radical (unpaired) electrons. The van der Waals surface area contributed by atoms with Gasteiger partial charge >= 0.3 is 0 Å². The highest BCUT2D eigenvalue weighted by Crippen LogP contribution is 2.42. The van der Waals surface area contributed by atoms with E-state index in [9.17, 15) is 0 Å². The van der Waals surface area contributed by atoms with Gasteiger partial charge in [-0.2, -0.15) is 0 Å². The number of piperazine rings is 1. The van der Waals surface area contributed by atoms with Crippen LogP contribution >= 0.6 is 23.3 Å². The van der Waals surface area contributed by atoms with Crippen molar-refractivity contribution in [1.82, 2.24) is 19.9 Å². The number of anilines is 5. The zero-order chi connectivity index (χ0) is 36.8. The summed E-state index contributed by atoms with van der Waals surface area (Å²) in [5.41, 5.74) is 5.53. The molecule has 4 heterocycles. The van der Waals surface area contributed by atoms with Gasteiger partial charge in [-0.1, -0.05) is 63.9 Å². The molecule has 8 nitrogen and oxygen atoms in total. The molecule has 0 spiro atoms. The maximum absolute atomic E-state index is 15.9. The molecule has 53 heavy (non-hydrogen) atoms. The molecule has 0 unspecified atom stereocenters. The summed E-state index contributed by atoms with van der Waals surface area (Å²) >= 11 is 3.07. The second kappa shape index (κ2) is 16.9. The van der Waals surface area contributed by atoms with Gasteiger partial charge in [0.15, 0.2) is 5.82 Å². The lowest BCUT2D eigenvalue weighted by molar-refractivity contribution is 0.201. The molecular weight excluding hydrogens is 700 g/mol. The highest BCUT2D eigenvalue weighted by Gasteiger charge is 2.27. The second-order valence-electron chi connectivity index (χ2n) is 15.1. The maximum atomic E-state index is 15.9. The molecule has 5 aromatic rings. The number of rotatable bonds is 12. The SMILES string of the molecule is CCCSNc1cccc(-c2nc(C(C)(C)C)sc2-c2ccnc(Nc3ccc(N4CCN(CC5CCN(c6ccccc6)CC5)CC4)cc3)n2)c1F. The summed E-state index contributed by atoms with van der Waals surface area (Å²) in [6.45, 7) is 16.3. The van der Waals surface area contributed by atoms with E-state index in [1.54, 1.807) is 29.7 Å². The molecule has 2 aliphatic rings. The molecule has 3 aromatic carbocycles. The molecule has 11 heteroatoms. The average molecular weight is 751 g/mol. The number of para-hydroxylation sites is 1. The lowest BCUT2D eigenvalue weighted by Gasteiger charge is -2.40. The van der Waals surface area contributed by atoms with Crippen LogP contribution in [0.3, 0.4) is 0 Å². The van der Waals surface area contributed by atoms with E-state index >= 15 is 4.39 Å². The van der Waals surface area contributed by atoms with Gasteiger partial charge in [-0.25, -0.2) is 19.3 Å². The van der Waals surface area contributed by atoms with Gasteiger partial charge < -0.3 is 19.8 Å². The molecule has 0 amide bonds. The van der Waals surface area contributed by atoms with Crippen LogP contribution in [0, 0.1) is 11.7 Å². The Bertz CT molecular complexity index is 1930. The fraction of sp³-hybridized carbons (Fsp3) is 0.405. The molecule has 2 aliphatic heterocycles. The fourth-order valence-electron chi connectivity index (χ4n) is 7.02. The number of hydrogen-bond acceptors (Lipinski definition) is 10. The van der Waals surface area contributed by atoms with Gasteiger partial charge in [0, 0.05) is 85.8 Å². The van der Waals surface area contributed by atoms with Crippen LogP contribution in [0.15, 0.2) is 85.1 Å². The van der Waals surface area contributed by atoms with Gasteiger partial charge in [0.2, 0.25) is 5.95 Å². The van der Waals surface area contributed by atoms with Crippen LogP contribution in [0.2, 0.25) is 0 Å². The van der Waals surface area contributed by atoms with Gasteiger partial charge in [-0.3, -0.25) is 4.90 Å². The van der Waals surface area contributed by atoms with Crippen LogP contribution in [-0.4, -0.2) is 71.4 Å². The third-order valence-corrected chi connectivity index (χ3v) is 12.5. The van der Waals surface area contributed by atoms with Crippen molar-refractivity contribution in [3.63, 3.8) is 0 Å². The number of nitrogens with zero attached hydrogens (tertiary/aromatic N) is 6. The smallest absolute Gasteiger partial charge is 0.227 e. The van der Waals surface area contributed by atoms with Crippen molar-refractivity contribution in [2.75, 3.05) is 71.4 Å². The molecule has 0 bridgehead atoms. The minimum atomic E-state index is -0.308. The monoisotopic (exact) mass is 750 g/mol. The van der Waals surface area contributed by atoms with Crippen molar-refractivity contribution in [2.24, 2.45) is 5.92 Å². The van der Waals surface area contributed by atoms with Crippen LogP contribution < -0.4 is 19.8 Å². The highest BCUT2D eigenvalue weighted by molar-refractivity contribution is 8.00. The Morgan fingerprint density at radius 1 is 0.830 bits per heavy atom. The summed E-state index contributed by atoms with van der Waals surface area (Å²) < 4.78 is 19.1. The van der Waals surface area contributed by atoms with E-state index in [4.69, 9.17) is 9.97 Å². The number of thiazole rings is 1. The second-order valence-corrected chi connectivity index (χ2v) is 17.0. The quantitative estimate of drug-likeness (QED) is 0.0958. The van der Waals surface area contributed by atoms with Crippen LogP contribution in [-0.2, 0) is 5.41 Å². The minimum Gasteiger partial charge on any atom is -0.372 e. The number of piperidine rings is 1. The Balaban J connectivity index is 0.979. The lowest BCUT2D eigenvalue weighted by Crippen LogP contribution is -2.49. The van der Waals surface area contributed by atoms with Gasteiger partial charge in [-0.15, -0.1) is 11.3 Å². The number of halogens is 1. The third kappa shape index (κ3) is 9.13. The third-order valence-electron chi connectivity index (χ3n) is 10.0. The van der Waals surface area contributed by atoms with Gasteiger partial charge in [0.1, 0.15) is 0 Å². The average Bonchev–Trinajstić information content (AvgIpc) is 3.64. The first-order chi connectivity index (χ1) is 25.7. The van der Waals surface area contributed by atoms with Crippen molar-refractivity contribution in [1.29, 1.82) is 0 Å². The Hall–Kier alpha value is -4.19. The predicted molar refractivity (Wildman–Crippen MR) is 223 cm³/mol. The number of hydrogen-bond donors (Lipinski definition) is 2. The van der Waals surface area contributed by atoms with E-state index in [1.807, 2.05) is 12.1 Å². The van der Waals surface area contributed by atoms with Gasteiger partial charge in [0.25, 0.3) is 0 Å². The predicted octanol–water partition coefficient (Wildman–Crippen LogP) is 9.96. The van der Waals surface area contributed by atoms with Gasteiger partial charge in [0.05, 0.1) is 27.0 Å². The van der Waals surface area contributed by atoms with Crippen molar-refractivity contribution in [2.45, 2.75) is 52.4 Å². The van der Waals surface area contributed by atoms with Crippen molar-refractivity contribution in [3.8, 4) is 21.8 Å². The topological polar surface area (TPSA) is 72.5 Å². The first kappa shape index (κ1) is 37.1. The highest BCUT2D eigenvalue weighted by atomic mass is 32.2. The van der Waals surface area contributed by atoms with E-state index in [1.165, 1.54) is 42.7 Å². The van der Waals surface area contributed by atoms with Crippen LogP contribution in [0.5, 0.6) is 0 Å². The standard InChI is InChI=1S/C42H51FN8S2/c1-5-28-52-48-35-13-9-12-34(37(35)43)38-39(53-40(47-38)42(2,3)4)36-18-21-44-41(46-36)45-31-14-16-33(17-15-31)51-26-24-49(25-27-51)29-30-19-22-50(23-20-30)32-10-7-6-8-11-32/h6-18,21,30,48H,5,19-20,22-29H2,1-4H3,(H,44,45,46). The van der Waals surface area contributed by atoms with E-state index < -0.39 is 0 Å². The van der Waals surface area contributed by atoms with Crippen molar-refractivity contribution < 1.29 is 4.39 Å². The summed E-state index contributed by atoms with van der Waals surface area (Å²) in [4.78, 5) is 22.9. The molecule has 0 aliphatic carbocycles. The molecule has 2 saturated heterocycles. The Kier molecular flexibility index (Phi) is 11.8. The van der Waals surface area contributed by atoms with E-state index in [2.05, 4.69) is 112 Å². The number of aromatic nitrogens is 3. The fourth-order valence-corrected chi connectivity index (χ4v) is 8.74. The normalized spacial score (nSPS) is 15.9. The Labute approximate surface area is 322 Å². The first-order valence-electron chi connectivity index (χ1n) is 18.9. The summed E-state index contributed by atoms with van der Waals surface area (Å²) in [6, 6.07) is 26.7. The molecule has 7 rings (SSSR count). The minimum absolute atomic E-state index is 0.204. The summed E-state index contributed by atoms with van der Waals surface area (Å²) in [5.74, 6) is 1.85. The Morgan fingerprint density at radius 2 is 1.55 bits per heavy atom. The van der Waals surface area contributed by atoms with E-state index in [-0.39, 0.29) is 11.2 Å². The van der Waals surface area contributed by atoms with Crippen LogP contribution in [0.1, 0.15) is 52.0 Å². The lowest BCUT2D eigenvalue weighted by atomic mass is 9.95. The molecular formula is C42H51FN8S2. The molecule has 2 fully saturated rings. The summed E-state index contributed by atoms with van der Waals surface area (Å²) in [5, 5.41) is 4.33. The Morgan fingerprint density at radius 3 is 2.26 bits per heavy atom. The number of nitrogens with one attached hydrogen (secondary N) is 2. The van der Waals surface area contributed by atoms with Crippen molar-refractivity contribution in [3.05, 3.63) is 95.9 Å². The first-order valence-corrected chi connectivity index (χ1v) is 20.7. The maximum Gasteiger partial charge on any atom is 0.227 e. The molecule has 2 N–H and O–H groups in total. The molecule has 0 atom stereocenters.